The molecule has 2 N–H and O–H groups in total. The number of carbonyl (C=O) groups is 1. The molecule has 1 rings (SSSR count). The Balaban J connectivity index is 2.38. The average molecular weight is 281 g/mol. The van der Waals surface area contributed by atoms with Crippen LogP contribution >= 0.6 is 0 Å². The zero-order valence-electron chi connectivity index (χ0n) is 9.63. The summed E-state index contributed by atoms with van der Waals surface area (Å²) in [6.45, 7) is -1.51. The molecule has 0 heterocycles. The number of halogens is 4. The van der Waals surface area contributed by atoms with Gasteiger partial charge in [-0.25, -0.2) is 9.18 Å². The number of nitrogens with one attached hydrogen (secondary N) is 1. The zero-order valence-corrected chi connectivity index (χ0v) is 9.63. The van der Waals surface area contributed by atoms with Crippen LogP contribution in [0.5, 0.6) is 0 Å². The molecule has 1 aromatic rings. The molecule has 0 radical (unpaired) electrons. The molecule has 0 aliphatic carbocycles. The van der Waals surface area contributed by atoms with E-state index in [0.717, 1.165) is 12.1 Å². The molecule has 0 aromatic heterocycles. The van der Waals surface area contributed by atoms with Crippen LogP contribution in [0.2, 0.25) is 0 Å². The van der Waals surface area contributed by atoms with Crippen LogP contribution in [0.3, 0.4) is 0 Å². The Bertz CT molecular complexity index is 448. The molecule has 0 bridgehead atoms. The van der Waals surface area contributed by atoms with Gasteiger partial charge >= 0.3 is 12.1 Å². The third kappa shape index (κ3) is 5.56. The third-order valence-corrected chi connectivity index (χ3v) is 2.04. The number of alkyl halides is 3. The molecular weight excluding hydrogens is 270 g/mol. The molecule has 0 spiro atoms. The second kappa shape index (κ2) is 6.37. The van der Waals surface area contributed by atoms with E-state index in [4.69, 9.17) is 5.11 Å². The first-order valence-electron chi connectivity index (χ1n) is 5.21. The summed E-state index contributed by atoms with van der Waals surface area (Å²) in [5.74, 6) is -2.31. The molecule has 0 saturated carbocycles. The highest BCUT2D eigenvalue weighted by Gasteiger charge is 2.27. The van der Waals surface area contributed by atoms with Crippen LogP contribution in [0.1, 0.15) is 10.4 Å². The molecular formula is C11H11F4NO3. The number of hydrogen-bond acceptors (Lipinski definition) is 3. The fraction of sp³-hybridized carbons (Fsp3) is 0.364. The fourth-order valence-corrected chi connectivity index (χ4v) is 1.25. The number of anilines is 1. The van der Waals surface area contributed by atoms with E-state index in [1.165, 1.54) is 6.07 Å². The number of carboxylic acids is 1. The summed E-state index contributed by atoms with van der Waals surface area (Å²) in [5, 5.41) is 11.2. The molecule has 19 heavy (non-hydrogen) atoms. The van der Waals surface area contributed by atoms with Crippen LogP contribution < -0.4 is 5.32 Å². The maximum atomic E-state index is 13.2. The van der Waals surface area contributed by atoms with Crippen LogP contribution in [0.25, 0.3) is 0 Å². The van der Waals surface area contributed by atoms with Crippen molar-refractivity contribution >= 4 is 11.7 Å². The molecule has 0 unspecified atom stereocenters. The van der Waals surface area contributed by atoms with Gasteiger partial charge < -0.3 is 15.2 Å². The lowest BCUT2D eigenvalue weighted by Crippen LogP contribution is -2.20. The maximum absolute atomic E-state index is 13.2. The van der Waals surface area contributed by atoms with Crippen molar-refractivity contribution in [1.82, 2.24) is 0 Å². The molecule has 0 saturated heterocycles. The standard InChI is InChI=1S/C11H11F4NO3/c12-9-5-7(1-2-8(9)10(17)18)16-3-4-19-6-11(13,14)15/h1-2,5,16H,3-4,6H2,(H,17,18). The van der Waals surface area contributed by atoms with Gasteiger partial charge in [0.25, 0.3) is 0 Å². The molecule has 8 heteroatoms. The highest BCUT2D eigenvalue weighted by Crippen LogP contribution is 2.15. The highest BCUT2D eigenvalue weighted by molar-refractivity contribution is 5.88. The quantitative estimate of drug-likeness (QED) is 0.621. The predicted molar refractivity (Wildman–Crippen MR) is 58.7 cm³/mol. The van der Waals surface area contributed by atoms with Crippen molar-refractivity contribution in [2.75, 3.05) is 25.1 Å². The lowest BCUT2D eigenvalue weighted by molar-refractivity contribution is -0.172. The normalized spacial score (nSPS) is 11.4. The molecule has 0 aliphatic heterocycles. The van der Waals surface area contributed by atoms with Gasteiger partial charge in [0.15, 0.2) is 0 Å². The Labute approximate surface area is 106 Å². The Hall–Kier alpha value is -1.83. The van der Waals surface area contributed by atoms with E-state index in [-0.39, 0.29) is 18.8 Å². The summed E-state index contributed by atoms with van der Waals surface area (Å²) < 4.78 is 52.8. The van der Waals surface area contributed by atoms with Crippen molar-refractivity contribution in [3.05, 3.63) is 29.6 Å². The molecule has 106 valence electrons. The largest absolute Gasteiger partial charge is 0.478 e. The summed E-state index contributed by atoms with van der Waals surface area (Å²) in [5.41, 5.74) is -0.211. The predicted octanol–water partition coefficient (Wildman–Crippen LogP) is 2.51. The van der Waals surface area contributed by atoms with Gasteiger partial charge in [-0.15, -0.1) is 0 Å². The van der Waals surface area contributed by atoms with Crippen LogP contribution in [-0.2, 0) is 4.74 Å². The lowest BCUT2D eigenvalue weighted by Gasteiger charge is -2.09. The molecule has 1 aromatic carbocycles. The van der Waals surface area contributed by atoms with Gasteiger partial charge in [0.05, 0.1) is 12.2 Å². The van der Waals surface area contributed by atoms with Gasteiger partial charge in [-0.05, 0) is 18.2 Å². The van der Waals surface area contributed by atoms with Gasteiger partial charge in [-0.3, -0.25) is 0 Å². The fourth-order valence-electron chi connectivity index (χ4n) is 1.25. The smallest absolute Gasteiger partial charge is 0.411 e. The Morgan fingerprint density at radius 1 is 1.37 bits per heavy atom. The maximum Gasteiger partial charge on any atom is 0.411 e. The topological polar surface area (TPSA) is 58.6 Å². The summed E-state index contributed by atoms with van der Waals surface area (Å²) in [7, 11) is 0. The zero-order chi connectivity index (χ0) is 14.5. The van der Waals surface area contributed by atoms with Gasteiger partial charge in [0, 0.05) is 12.2 Å². The summed E-state index contributed by atoms with van der Waals surface area (Å²) >= 11 is 0. The number of rotatable bonds is 6. The molecule has 4 nitrogen and oxygen atoms in total. The first-order chi connectivity index (χ1) is 8.79. The minimum absolute atomic E-state index is 0.0436. The summed E-state index contributed by atoms with van der Waals surface area (Å²) in [4.78, 5) is 10.5. The van der Waals surface area contributed by atoms with Gasteiger partial charge in [0.2, 0.25) is 0 Å². The minimum Gasteiger partial charge on any atom is -0.478 e. The van der Waals surface area contributed by atoms with E-state index in [1.54, 1.807) is 0 Å². The summed E-state index contributed by atoms with van der Waals surface area (Å²) in [6.07, 6.45) is -4.38. The van der Waals surface area contributed by atoms with E-state index in [2.05, 4.69) is 10.1 Å². The van der Waals surface area contributed by atoms with E-state index in [9.17, 15) is 22.4 Å². The first-order valence-corrected chi connectivity index (χ1v) is 5.21. The van der Waals surface area contributed by atoms with E-state index < -0.39 is 30.1 Å². The molecule has 0 fully saturated rings. The van der Waals surface area contributed by atoms with Crippen molar-refractivity contribution in [2.24, 2.45) is 0 Å². The van der Waals surface area contributed by atoms with Crippen molar-refractivity contribution in [2.45, 2.75) is 6.18 Å². The van der Waals surface area contributed by atoms with Crippen molar-refractivity contribution in [1.29, 1.82) is 0 Å². The van der Waals surface area contributed by atoms with E-state index >= 15 is 0 Å². The van der Waals surface area contributed by atoms with E-state index in [0.29, 0.717) is 0 Å². The van der Waals surface area contributed by atoms with Crippen LogP contribution in [0.4, 0.5) is 23.2 Å². The summed E-state index contributed by atoms with van der Waals surface area (Å²) in [6, 6.07) is 3.33. The monoisotopic (exact) mass is 281 g/mol. The SMILES string of the molecule is O=C(O)c1ccc(NCCOCC(F)(F)F)cc1F. The van der Waals surface area contributed by atoms with Crippen molar-refractivity contribution < 1.29 is 32.2 Å². The van der Waals surface area contributed by atoms with Crippen molar-refractivity contribution in [3.8, 4) is 0 Å². The number of carboxylic acid groups (broad SMARTS) is 1. The van der Waals surface area contributed by atoms with Gasteiger partial charge in [0.1, 0.15) is 12.4 Å². The van der Waals surface area contributed by atoms with Gasteiger partial charge in [-0.1, -0.05) is 0 Å². The Morgan fingerprint density at radius 2 is 2.05 bits per heavy atom. The van der Waals surface area contributed by atoms with Crippen LogP contribution in [0.15, 0.2) is 18.2 Å². The van der Waals surface area contributed by atoms with E-state index in [1.807, 2.05) is 0 Å². The number of hydrogen-bond donors (Lipinski definition) is 2. The lowest BCUT2D eigenvalue weighted by atomic mass is 10.2. The van der Waals surface area contributed by atoms with Crippen molar-refractivity contribution in [3.63, 3.8) is 0 Å². The number of aromatic carboxylic acids is 1. The average Bonchev–Trinajstić information content (AvgIpc) is 2.26. The van der Waals surface area contributed by atoms with Crippen LogP contribution in [-0.4, -0.2) is 37.0 Å². The Kier molecular flexibility index (Phi) is 5.11. The highest BCUT2D eigenvalue weighted by atomic mass is 19.4. The van der Waals surface area contributed by atoms with Gasteiger partial charge in [-0.2, -0.15) is 13.2 Å². The molecule has 0 aliphatic rings. The number of ether oxygens (including phenoxy) is 1. The first kappa shape index (κ1) is 15.2. The number of benzene rings is 1. The molecule has 0 amide bonds. The minimum atomic E-state index is -4.38. The Morgan fingerprint density at radius 3 is 2.58 bits per heavy atom. The third-order valence-electron chi connectivity index (χ3n) is 2.04. The second-order valence-corrected chi connectivity index (χ2v) is 3.59. The van der Waals surface area contributed by atoms with Crippen LogP contribution in [0, 0.1) is 5.82 Å². The molecule has 0 atom stereocenters. The second-order valence-electron chi connectivity index (χ2n) is 3.59.